The molecule has 9 heteroatoms. The van der Waals surface area contributed by atoms with Crippen LogP contribution in [0.2, 0.25) is 0 Å². The summed E-state index contributed by atoms with van der Waals surface area (Å²) < 4.78 is 0. The third-order valence-corrected chi connectivity index (χ3v) is 4.42. The minimum Gasteiger partial charge on any atom is -0.283 e. The van der Waals surface area contributed by atoms with Gasteiger partial charge in [0.05, 0.1) is 17.1 Å². The summed E-state index contributed by atoms with van der Waals surface area (Å²) >= 11 is 0. The molecule has 3 aromatic heterocycles. The van der Waals surface area contributed by atoms with E-state index >= 15 is 0 Å². The smallest absolute Gasteiger partial charge is 0.255 e. The molecule has 132 valence electrons. The molecule has 0 aromatic carbocycles. The quantitative estimate of drug-likeness (QED) is 0.532. The molecular formula is C15H22BBrN6Ni. The molecule has 3 N–H and O–H groups in total. The SMILES string of the molecule is Br.Cc1n[nH]c(C)c1B(c1c(C)n[nH]c1C)c1c(C)n[nH]c1C.[Ni]. The maximum atomic E-state index is 4.39. The Morgan fingerprint density at radius 2 is 0.833 bits per heavy atom. The number of halogens is 1. The average molecular weight is 436 g/mol. The number of H-pyrrole nitrogens is 3. The molecule has 3 aromatic rings. The van der Waals surface area contributed by atoms with Crippen LogP contribution in [0.1, 0.15) is 34.2 Å². The van der Waals surface area contributed by atoms with Crippen LogP contribution in [0.4, 0.5) is 0 Å². The fourth-order valence-corrected chi connectivity index (χ4v) is 3.39. The summed E-state index contributed by atoms with van der Waals surface area (Å²) in [5.41, 5.74) is 9.93. The van der Waals surface area contributed by atoms with Crippen LogP contribution in [0.3, 0.4) is 0 Å². The fraction of sp³-hybridized carbons (Fsp3) is 0.400. The standard InChI is InChI=1S/C15H21BN6.BrH.Ni/c1-7-13(8(2)18-17-7)16(14-9(3)19-20-10(14)4)15-11(5)21-22-12(15)6;;/h1-6H3,(H,17,18)(H,19,20)(H,21,22);1H;. The van der Waals surface area contributed by atoms with Crippen LogP contribution in [0.5, 0.6) is 0 Å². The molecule has 0 atom stereocenters. The number of hydrogen-bond donors (Lipinski definition) is 3. The van der Waals surface area contributed by atoms with E-state index in [0.717, 1.165) is 34.2 Å². The van der Waals surface area contributed by atoms with Crippen molar-refractivity contribution in [2.45, 2.75) is 41.5 Å². The van der Waals surface area contributed by atoms with Gasteiger partial charge in [-0.25, -0.2) is 0 Å². The first-order chi connectivity index (χ1) is 10.4. The summed E-state index contributed by atoms with van der Waals surface area (Å²) in [6.07, 6.45) is 0. The number of aryl methyl sites for hydroxylation is 6. The van der Waals surface area contributed by atoms with E-state index in [0.29, 0.717) is 0 Å². The van der Waals surface area contributed by atoms with Crippen molar-refractivity contribution in [1.82, 2.24) is 30.6 Å². The van der Waals surface area contributed by atoms with Gasteiger partial charge in [-0.1, -0.05) is 0 Å². The summed E-state index contributed by atoms with van der Waals surface area (Å²) in [5, 5.41) is 22.5. The molecule has 0 saturated carbocycles. The van der Waals surface area contributed by atoms with E-state index < -0.39 is 0 Å². The maximum Gasteiger partial charge on any atom is 0.255 e. The zero-order chi connectivity index (χ0) is 16.0. The third-order valence-electron chi connectivity index (χ3n) is 4.42. The molecule has 0 saturated heterocycles. The molecule has 6 nitrogen and oxygen atoms in total. The van der Waals surface area contributed by atoms with Crippen molar-refractivity contribution >= 4 is 40.1 Å². The predicted octanol–water partition coefficient (Wildman–Crippen LogP) is 0.798. The Labute approximate surface area is 162 Å². The molecule has 0 amide bonds. The molecule has 0 fully saturated rings. The van der Waals surface area contributed by atoms with Crippen LogP contribution in [0, 0.1) is 41.5 Å². The summed E-state index contributed by atoms with van der Waals surface area (Å²) in [6.45, 7) is 12.4. The zero-order valence-electron chi connectivity index (χ0n) is 14.6. The van der Waals surface area contributed by atoms with Gasteiger partial charge < -0.3 is 0 Å². The van der Waals surface area contributed by atoms with E-state index in [-0.39, 0.29) is 40.2 Å². The van der Waals surface area contributed by atoms with Crippen LogP contribution >= 0.6 is 17.0 Å². The minimum absolute atomic E-state index is 0. The molecule has 0 aliphatic rings. The second-order valence-corrected chi connectivity index (χ2v) is 5.98. The number of nitrogens with zero attached hydrogens (tertiary/aromatic N) is 3. The Balaban J connectivity index is 0.00000144. The molecule has 3 heterocycles. The van der Waals surface area contributed by atoms with E-state index in [4.69, 9.17) is 0 Å². The Morgan fingerprint density at radius 1 is 0.583 bits per heavy atom. The van der Waals surface area contributed by atoms with E-state index in [1.54, 1.807) is 0 Å². The van der Waals surface area contributed by atoms with Gasteiger partial charge in [0.25, 0.3) is 6.71 Å². The van der Waals surface area contributed by atoms with Crippen molar-refractivity contribution < 1.29 is 16.5 Å². The summed E-state index contributed by atoms with van der Waals surface area (Å²) in [7, 11) is 0. The monoisotopic (exact) mass is 434 g/mol. The minimum atomic E-state index is 0. The molecule has 0 aliphatic carbocycles. The molecule has 0 radical (unpaired) electrons. The van der Waals surface area contributed by atoms with Crippen LogP contribution in [0.25, 0.3) is 0 Å². The molecule has 0 spiro atoms. The Kier molecular flexibility index (Phi) is 6.65. The van der Waals surface area contributed by atoms with Crippen molar-refractivity contribution in [1.29, 1.82) is 0 Å². The predicted molar refractivity (Wildman–Crippen MR) is 99.2 cm³/mol. The number of nitrogens with one attached hydrogen (secondary N) is 3. The summed E-state index contributed by atoms with van der Waals surface area (Å²) in [4.78, 5) is 0. The van der Waals surface area contributed by atoms with Crippen molar-refractivity contribution in [3.8, 4) is 0 Å². The zero-order valence-corrected chi connectivity index (χ0v) is 17.3. The number of aromatic nitrogens is 6. The van der Waals surface area contributed by atoms with Crippen LogP contribution < -0.4 is 16.4 Å². The molecule has 3 rings (SSSR count). The largest absolute Gasteiger partial charge is 0.283 e. The Morgan fingerprint density at radius 3 is 1.00 bits per heavy atom. The van der Waals surface area contributed by atoms with E-state index in [1.807, 2.05) is 20.8 Å². The fourth-order valence-electron chi connectivity index (χ4n) is 3.39. The summed E-state index contributed by atoms with van der Waals surface area (Å²) in [5.74, 6) is 0. The first kappa shape index (κ1) is 20.7. The Hall–Kier alpha value is -1.33. The van der Waals surface area contributed by atoms with Crippen LogP contribution in [-0.4, -0.2) is 37.3 Å². The second-order valence-electron chi connectivity index (χ2n) is 5.98. The molecule has 0 unspecified atom stereocenters. The second kappa shape index (κ2) is 7.70. The van der Waals surface area contributed by atoms with Gasteiger partial charge in [0.2, 0.25) is 0 Å². The molecule has 0 aliphatic heterocycles. The van der Waals surface area contributed by atoms with Crippen LogP contribution in [0.15, 0.2) is 0 Å². The Bertz CT molecular complexity index is 669. The first-order valence-corrected chi connectivity index (χ1v) is 7.46. The van der Waals surface area contributed by atoms with Gasteiger partial charge in [0.15, 0.2) is 0 Å². The van der Waals surface area contributed by atoms with Crippen molar-refractivity contribution in [3.05, 3.63) is 34.2 Å². The number of aromatic amines is 3. The van der Waals surface area contributed by atoms with E-state index in [1.165, 1.54) is 16.4 Å². The van der Waals surface area contributed by atoms with Gasteiger partial charge in [0.1, 0.15) is 0 Å². The molecule has 0 bridgehead atoms. The number of hydrogen-bond acceptors (Lipinski definition) is 3. The van der Waals surface area contributed by atoms with Gasteiger partial charge in [0, 0.05) is 33.6 Å². The van der Waals surface area contributed by atoms with Gasteiger partial charge in [-0.3, -0.25) is 15.3 Å². The average Bonchev–Trinajstić information content (AvgIpc) is 3.08. The van der Waals surface area contributed by atoms with Gasteiger partial charge in [-0.15, -0.1) is 17.0 Å². The molecular weight excluding hydrogens is 414 g/mol. The van der Waals surface area contributed by atoms with Crippen LogP contribution in [-0.2, 0) is 16.5 Å². The number of rotatable bonds is 3. The van der Waals surface area contributed by atoms with E-state index in [9.17, 15) is 0 Å². The van der Waals surface area contributed by atoms with Crippen molar-refractivity contribution in [2.75, 3.05) is 0 Å². The van der Waals surface area contributed by atoms with Gasteiger partial charge in [-0.05, 0) is 57.9 Å². The van der Waals surface area contributed by atoms with Crippen molar-refractivity contribution in [3.63, 3.8) is 0 Å². The third kappa shape index (κ3) is 3.24. The van der Waals surface area contributed by atoms with E-state index in [2.05, 4.69) is 51.4 Å². The van der Waals surface area contributed by atoms with Gasteiger partial charge in [-0.2, -0.15) is 15.3 Å². The molecule has 24 heavy (non-hydrogen) atoms. The normalized spacial score (nSPS) is 10.2. The van der Waals surface area contributed by atoms with Crippen molar-refractivity contribution in [2.24, 2.45) is 0 Å². The maximum absolute atomic E-state index is 4.39. The summed E-state index contributed by atoms with van der Waals surface area (Å²) in [6, 6.07) is 0. The first-order valence-electron chi connectivity index (χ1n) is 7.46. The topological polar surface area (TPSA) is 86.0 Å². The van der Waals surface area contributed by atoms with Gasteiger partial charge >= 0.3 is 0 Å².